The Bertz CT molecular complexity index is 388. The van der Waals surface area contributed by atoms with Crippen LogP contribution >= 0.6 is 0 Å². The van der Waals surface area contributed by atoms with E-state index in [2.05, 4.69) is 24.1 Å². The molecule has 2 amide bonds. The van der Waals surface area contributed by atoms with Crippen LogP contribution in [0.5, 0.6) is 0 Å². The Kier molecular flexibility index (Phi) is 5.45. The highest BCUT2D eigenvalue weighted by Gasteiger charge is 2.30. The molecular formula is C15H27N3O3. The summed E-state index contributed by atoms with van der Waals surface area (Å²) >= 11 is 0. The van der Waals surface area contributed by atoms with Gasteiger partial charge in [0.05, 0.1) is 5.92 Å². The van der Waals surface area contributed by atoms with Crippen LogP contribution in [0.4, 0.5) is 4.79 Å². The van der Waals surface area contributed by atoms with Gasteiger partial charge in [-0.3, -0.25) is 9.69 Å². The summed E-state index contributed by atoms with van der Waals surface area (Å²) in [6, 6.07) is 0.355. The number of nitrogens with zero attached hydrogens (tertiary/aromatic N) is 2. The number of amides is 2. The van der Waals surface area contributed by atoms with E-state index in [1.807, 2.05) is 4.90 Å². The van der Waals surface area contributed by atoms with Gasteiger partial charge in [0, 0.05) is 31.7 Å². The second-order valence-corrected chi connectivity index (χ2v) is 6.27. The molecule has 1 aliphatic heterocycles. The second-order valence-electron chi connectivity index (χ2n) is 6.27. The van der Waals surface area contributed by atoms with E-state index < -0.39 is 5.97 Å². The summed E-state index contributed by atoms with van der Waals surface area (Å²) in [7, 11) is 0. The molecule has 2 N–H and O–H groups in total. The first-order valence-corrected chi connectivity index (χ1v) is 8.03. The van der Waals surface area contributed by atoms with Crippen LogP contribution in [0.2, 0.25) is 0 Å². The number of aliphatic carboxylic acids is 1. The maximum atomic E-state index is 12.3. The maximum absolute atomic E-state index is 12.3. The summed E-state index contributed by atoms with van der Waals surface area (Å²) in [5.74, 6) is -1.04. The number of piperazine rings is 1. The van der Waals surface area contributed by atoms with E-state index in [9.17, 15) is 9.59 Å². The van der Waals surface area contributed by atoms with Crippen LogP contribution in [0.25, 0.3) is 0 Å². The van der Waals surface area contributed by atoms with Crippen LogP contribution in [-0.4, -0.2) is 65.2 Å². The van der Waals surface area contributed by atoms with Crippen molar-refractivity contribution in [1.82, 2.24) is 15.1 Å². The molecule has 0 aromatic carbocycles. The zero-order valence-corrected chi connectivity index (χ0v) is 13.0. The van der Waals surface area contributed by atoms with Gasteiger partial charge < -0.3 is 15.3 Å². The molecule has 1 heterocycles. The SMILES string of the molecule is CCN1CCN(C(=O)NC2CCCC(C(=O)O)C2)CC1C. The van der Waals surface area contributed by atoms with Gasteiger partial charge in [-0.25, -0.2) is 4.79 Å². The molecule has 1 saturated carbocycles. The Morgan fingerprint density at radius 3 is 2.67 bits per heavy atom. The second kappa shape index (κ2) is 7.11. The number of carbonyl (C=O) groups excluding carboxylic acids is 1. The molecule has 6 nitrogen and oxygen atoms in total. The van der Waals surface area contributed by atoms with E-state index in [0.29, 0.717) is 12.5 Å². The van der Waals surface area contributed by atoms with Crippen molar-refractivity contribution in [1.29, 1.82) is 0 Å². The lowest BCUT2D eigenvalue weighted by atomic mass is 9.86. The summed E-state index contributed by atoms with van der Waals surface area (Å²) in [5.41, 5.74) is 0. The number of carboxylic acid groups (broad SMARTS) is 1. The standard InChI is InChI=1S/C15H27N3O3/c1-3-17-7-8-18(10-11(17)2)15(21)16-13-6-4-5-12(9-13)14(19)20/h11-13H,3-10H2,1-2H3,(H,16,21)(H,19,20). The molecule has 1 aliphatic carbocycles. The minimum atomic E-state index is -0.737. The number of carbonyl (C=O) groups is 2. The van der Waals surface area contributed by atoms with Gasteiger partial charge in [0.2, 0.25) is 0 Å². The average Bonchev–Trinajstić information content (AvgIpc) is 2.47. The van der Waals surface area contributed by atoms with Crippen LogP contribution in [0.1, 0.15) is 39.5 Å². The third kappa shape index (κ3) is 4.09. The van der Waals surface area contributed by atoms with Gasteiger partial charge in [-0.05, 0) is 32.7 Å². The van der Waals surface area contributed by atoms with Gasteiger partial charge in [-0.1, -0.05) is 13.3 Å². The minimum absolute atomic E-state index is 0.00635. The smallest absolute Gasteiger partial charge is 0.317 e. The Labute approximate surface area is 126 Å². The first-order valence-electron chi connectivity index (χ1n) is 8.03. The van der Waals surface area contributed by atoms with Crippen molar-refractivity contribution in [3.05, 3.63) is 0 Å². The molecule has 0 radical (unpaired) electrons. The molecule has 3 atom stereocenters. The van der Waals surface area contributed by atoms with E-state index in [0.717, 1.165) is 45.4 Å². The lowest BCUT2D eigenvalue weighted by molar-refractivity contribution is -0.143. The number of nitrogens with one attached hydrogen (secondary N) is 1. The van der Waals surface area contributed by atoms with Gasteiger partial charge >= 0.3 is 12.0 Å². The van der Waals surface area contributed by atoms with E-state index in [1.165, 1.54) is 0 Å². The summed E-state index contributed by atoms with van der Waals surface area (Å²) in [6.45, 7) is 7.70. The highest BCUT2D eigenvalue weighted by Crippen LogP contribution is 2.24. The van der Waals surface area contributed by atoms with Crippen LogP contribution < -0.4 is 5.32 Å². The molecule has 2 rings (SSSR count). The monoisotopic (exact) mass is 297 g/mol. The number of hydrogen-bond acceptors (Lipinski definition) is 3. The summed E-state index contributed by atoms with van der Waals surface area (Å²) in [6.07, 6.45) is 3.06. The molecule has 0 aromatic heterocycles. The lowest BCUT2D eigenvalue weighted by Crippen LogP contribution is -2.57. The zero-order chi connectivity index (χ0) is 15.4. The van der Waals surface area contributed by atoms with E-state index in [4.69, 9.17) is 5.11 Å². The van der Waals surface area contributed by atoms with Crippen molar-refractivity contribution in [2.45, 2.75) is 51.6 Å². The molecule has 1 saturated heterocycles. The van der Waals surface area contributed by atoms with E-state index in [1.54, 1.807) is 0 Å². The summed E-state index contributed by atoms with van der Waals surface area (Å²) < 4.78 is 0. The predicted molar refractivity (Wildman–Crippen MR) is 80.2 cm³/mol. The Hall–Kier alpha value is -1.30. The molecule has 0 bridgehead atoms. The highest BCUT2D eigenvalue weighted by molar-refractivity contribution is 5.75. The summed E-state index contributed by atoms with van der Waals surface area (Å²) in [5, 5.41) is 12.1. The largest absolute Gasteiger partial charge is 0.481 e. The Morgan fingerprint density at radius 2 is 2.05 bits per heavy atom. The molecule has 3 unspecified atom stereocenters. The molecule has 120 valence electrons. The van der Waals surface area contributed by atoms with Crippen molar-refractivity contribution in [3.8, 4) is 0 Å². The first-order chi connectivity index (χ1) is 10.0. The van der Waals surface area contributed by atoms with Gasteiger partial charge in [-0.2, -0.15) is 0 Å². The minimum Gasteiger partial charge on any atom is -0.481 e. The highest BCUT2D eigenvalue weighted by atomic mass is 16.4. The fraction of sp³-hybridized carbons (Fsp3) is 0.867. The number of urea groups is 1. The molecule has 0 spiro atoms. The van der Waals surface area contributed by atoms with Gasteiger partial charge in [-0.15, -0.1) is 0 Å². The molecular weight excluding hydrogens is 270 g/mol. The Morgan fingerprint density at radius 1 is 1.29 bits per heavy atom. The fourth-order valence-corrected chi connectivity index (χ4v) is 3.46. The summed E-state index contributed by atoms with van der Waals surface area (Å²) in [4.78, 5) is 27.6. The molecule has 2 fully saturated rings. The first kappa shape index (κ1) is 16.1. The van der Waals surface area contributed by atoms with Gasteiger partial charge in [0.25, 0.3) is 0 Å². The van der Waals surface area contributed by atoms with Crippen molar-refractivity contribution in [2.75, 3.05) is 26.2 Å². The fourth-order valence-electron chi connectivity index (χ4n) is 3.46. The van der Waals surface area contributed by atoms with Crippen LogP contribution in [0, 0.1) is 5.92 Å². The number of hydrogen-bond donors (Lipinski definition) is 2. The van der Waals surface area contributed by atoms with Crippen LogP contribution in [0.15, 0.2) is 0 Å². The van der Waals surface area contributed by atoms with Crippen LogP contribution in [0.3, 0.4) is 0 Å². The van der Waals surface area contributed by atoms with Crippen molar-refractivity contribution >= 4 is 12.0 Å². The third-order valence-electron chi connectivity index (χ3n) is 4.81. The number of carboxylic acids is 1. The number of likely N-dealkylation sites (N-methyl/N-ethyl adjacent to an activating group) is 1. The molecule has 21 heavy (non-hydrogen) atoms. The van der Waals surface area contributed by atoms with Crippen molar-refractivity contribution < 1.29 is 14.7 Å². The van der Waals surface area contributed by atoms with E-state index in [-0.39, 0.29) is 18.0 Å². The van der Waals surface area contributed by atoms with Crippen LogP contribution in [-0.2, 0) is 4.79 Å². The van der Waals surface area contributed by atoms with E-state index >= 15 is 0 Å². The molecule has 2 aliphatic rings. The zero-order valence-electron chi connectivity index (χ0n) is 13.0. The number of rotatable bonds is 3. The van der Waals surface area contributed by atoms with Crippen molar-refractivity contribution in [2.24, 2.45) is 5.92 Å². The third-order valence-corrected chi connectivity index (χ3v) is 4.81. The average molecular weight is 297 g/mol. The maximum Gasteiger partial charge on any atom is 0.317 e. The lowest BCUT2D eigenvalue weighted by Gasteiger charge is -2.40. The van der Waals surface area contributed by atoms with Crippen molar-refractivity contribution in [3.63, 3.8) is 0 Å². The van der Waals surface area contributed by atoms with Gasteiger partial charge in [0.1, 0.15) is 0 Å². The topological polar surface area (TPSA) is 72.9 Å². The molecule has 0 aromatic rings. The Balaban J connectivity index is 1.83. The normalized spacial score (nSPS) is 31.0. The van der Waals surface area contributed by atoms with Gasteiger partial charge in [0.15, 0.2) is 0 Å². The molecule has 6 heteroatoms. The predicted octanol–water partition coefficient (Wildman–Crippen LogP) is 1.37. The quantitative estimate of drug-likeness (QED) is 0.825.